The zero-order valence-electron chi connectivity index (χ0n) is 6.88. The van der Waals surface area contributed by atoms with E-state index >= 15 is 0 Å². The Bertz CT molecular complexity index is 308. The molecule has 1 heterocycles. The van der Waals surface area contributed by atoms with Crippen LogP contribution in [0.5, 0.6) is 0 Å². The summed E-state index contributed by atoms with van der Waals surface area (Å²) >= 11 is 0. The van der Waals surface area contributed by atoms with Crippen molar-refractivity contribution in [2.45, 2.75) is 25.8 Å². The second kappa shape index (κ2) is 2.71. The predicted molar refractivity (Wildman–Crippen MR) is 46.4 cm³/mol. The van der Waals surface area contributed by atoms with E-state index in [9.17, 15) is 0 Å². The molecule has 1 aliphatic carbocycles. The van der Waals surface area contributed by atoms with Crippen LogP contribution in [0, 0.1) is 0 Å². The molecular weight excluding hydrogens is 152 g/mol. The van der Waals surface area contributed by atoms with Crippen molar-refractivity contribution >= 4 is 5.82 Å². The minimum Gasteiger partial charge on any atom is -0.383 e. The van der Waals surface area contributed by atoms with Crippen LogP contribution in [0.15, 0.2) is 0 Å². The smallest absolute Gasteiger partial charge is 0.144 e. The lowest BCUT2D eigenvalue weighted by atomic mass is 10.2. The number of aryl methyl sites for hydroxylation is 1. The Labute approximate surface area is 71.0 Å². The lowest BCUT2D eigenvalue weighted by Gasteiger charge is -2.03. The Morgan fingerprint density at radius 1 is 1.25 bits per heavy atom. The minimum absolute atomic E-state index is 0.373. The van der Waals surface area contributed by atoms with Gasteiger partial charge >= 0.3 is 0 Å². The Morgan fingerprint density at radius 2 is 2.08 bits per heavy atom. The summed E-state index contributed by atoms with van der Waals surface area (Å²) in [4.78, 5) is 8.42. The molecule has 0 saturated carbocycles. The van der Waals surface area contributed by atoms with Gasteiger partial charge < -0.3 is 11.5 Å². The molecule has 0 atom stereocenters. The number of fused-ring (bicyclic) bond motifs is 1. The van der Waals surface area contributed by atoms with Crippen LogP contribution in [0.1, 0.15) is 23.5 Å². The molecule has 1 aromatic rings. The lowest BCUT2D eigenvalue weighted by molar-refractivity contribution is 0.866. The standard InChI is InChI=1S/C8H12N4/c9-4-7-11-6-3-1-2-5(6)8(10)12-7/h1-4,9H2,(H2,10,11,12). The van der Waals surface area contributed by atoms with E-state index in [1.54, 1.807) is 0 Å². The second-order valence-electron chi connectivity index (χ2n) is 3.01. The van der Waals surface area contributed by atoms with Crippen molar-refractivity contribution < 1.29 is 0 Å². The predicted octanol–water partition coefficient (Wildman–Crippen LogP) is 0.00620. The summed E-state index contributed by atoms with van der Waals surface area (Å²) in [5, 5.41) is 0. The van der Waals surface area contributed by atoms with E-state index in [1.165, 1.54) is 0 Å². The number of aromatic nitrogens is 2. The summed E-state index contributed by atoms with van der Waals surface area (Å²) in [6.45, 7) is 0.373. The zero-order valence-corrected chi connectivity index (χ0v) is 6.88. The number of nitrogens with zero attached hydrogens (tertiary/aromatic N) is 2. The maximum absolute atomic E-state index is 5.74. The molecule has 1 aliphatic rings. The first-order valence-corrected chi connectivity index (χ1v) is 4.15. The molecule has 1 aromatic heterocycles. The normalized spacial score (nSPS) is 14.8. The van der Waals surface area contributed by atoms with Crippen molar-refractivity contribution in [1.29, 1.82) is 0 Å². The van der Waals surface area contributed by atoms with E-state index in [4.69, 9.17) is 11.5 Å². The molecule has 0 fully saturated rings. The Morgan fingerprint density at radius 3 is 2.83 bits per heavy atom. The van der Waals surface area contributed by atoms with Gasteiger partial charge in [-0.05, 0) is 19.3 Å². The molecule has 0 saturated heterocycles. The maximum atomic E-state index is 5.74. The van der Waals surface area contributed by atoms with E-state index in [0.717, 1.165) is 30.5 Å². The first-order chi connectivity index (χ1) is 5.81. The minimum atomic E-state index is 0.373. The van der Waals surface area contributed by atoms with Crippen LogP contribution in [-0.4, -0.2) is 9.97 Å². The average Bonchev–Trinajstić information content (AvgIpc) is 2.52. The molecule has 0 amide bonds. The van der Waals surface area contributed by atoms with Crippen LogP contribution >= 0.6 is 0 Å². The van der Waals surface area contributed by atoms with Gasteiger partial charge in [0, 0.05) is 11.3 Å². The highest BCUT2D eigenvalue weighted by Crippen LogP contribution is 2.23. The van der Waals surface area contributed by atoms with Gasteiger partial charge in [-0.3, -0.25) is 0 Å². The number of nitrogens with two attached hydrogens (primary N) is 2. The van der Waals surface area contributed by atoms with Crippen LogP contribution in [0.3, 0.4) is 0 Å². The van der Waals surface area contributed by atoms with Crippen molar-refractivity contribution in [1.82, 2.24) is 9.97 Å². The third-order valence-electron chi connectivity index (χ3n) is 2.19. The third kappa shape index (κ3) is 1.04. The monoisotopic (exact) mass is 164 g/mol. The molecule has 4 heteroatoms. The number of nitrogen functional groups attached to an aromatic ring is 1. The fourth-order valence-corrected chi connectivity index (χ4v) is 1.61. The number of anilines is 1. The first kappa shape index (κ1) is 7.49. The van der Waals surface area contributed by atoms with Gasteiger partial charge in [-0.25, -0.2) is 9.97 Å². The summed E-state index contributed by atoms with van der Waals surface area (Å²) in [5.41, 5.74) is 13.4. The topological polar surface area (TPSA) is 77.8 Å². The molecule has 0 radical (unpaired) electrons. The molecule has 2 rings (SSSR count). The van der Waals surface area contributed by atoms with E-state index < -0.39 is 0 Å². The molecule has 4 nitrogen and oxygen atoms in total. The Balaban J connectivity index is 2.51. The average molecular weight is 164 g/mol. The number of hydrogen-bond acceptors (Lipinski definition) is 4. The van der Waals surface area contributed by atoms with Gasteiger partial charge in [0.1, 0.15) is 11.6 Å². The summed E-state index contributed by atoms with van der Waals surface area (Å²) in [6.07, 6.45) is 3.18. The van der Waals surface area contributed by atoms with Crippen LogP contribution in [0.25, 0.3) is 0 Å². The highest BCUT2D eigenvalue weighted by atomic mass is 15.0. The molecular formula is C8H12N4. The molecule has 0 spiro atoms. The van der Waals surface area contributed by atoms with Crippen LogP contribution in [0.4, 0.5) is 5.82 Å². The van der Waals surface area contributed by atoms with Crippen molar-refractivity contribution in [3.8, 4) is 0 Å². The molecule has 0 bridgehead atoms. The summed E-state index contributed by atoms with van der Waals surface area (Å²) in [7, 11) is 0. The van der Waals surface area contributed by atoms with Gasteiger partial charge in [-0.2, -0.15) is 0 Å². The summed E-state index contributed by atoms with van der Waals surface area (Å²) in [6, 6.07) is 0. The largest absolute Gasteiger partial charge is 0.383 e. The molecule has 0 unspecified atom stereocenters. The lowest BCUT2D eigenvalue weighted by Crippen LogP contribution is -2.09. The van der Waals surface area contributed by atoms with Crippen LogP contribution < -0.4 is 11.5 Å². The van der Waals surface area contributed by atoms with Gasteiger partial charge in [0.05, 0.1) is 6.54 Å². The van der Waals surface area contributed by atoms with Crippen LogP contribution in [-0.2, 0) is 19.4 Å². The van der Waals surface area contributed by atoms with Crippen molar-refractivity contribution in [3.63, 3.8) is 0 Å². The molecule has 0 aromatic carbocycles. The fraction of sp³-hybridized carbons (Fsp3) is 0.500. The quantitative estimate of drug-likeness (QED) is 0.612. The molecule has 4 N–H and O–H groups in total. The first-order valence-electron chi connectivity index (χ1n) is 4.15. The molecule has 0 aliphatic heterocycles. The van der Waals surface area contributed by atoms with E-state index in [1.807, 2.05) is 0 Å². The van der Waals surface area contributed by atoms with E-state index in [-0.39, 0.29) is 0 Å². The van der Waals surface area contributed by atoms with Gasteiger partial charge in [-0.1, -0.05) is 0 Å². The van der Waals surface area contributed by atoms with Crippen LogP contribution in [0.2, 0.25) is 0 Å². The maximum Gasteiger partial charge on any atom is 0.144 e. The highest BCUT2D eigenvalue weighted by molar-refractivity contribution is 5.44. The zero-order chi connectivity index (χ0) is 8.55. The number of hydrogen-bond donors (Lipinski definition) is 2. The summed E-state index contributed by atoms with van der Waals surface area (Å²) < 4.78 is 0. The highest BCUT2D eigenvalue weighted by Gasteiger charge is 2.16. The SMILES string of the molecule is NCc1nc(N)c2c(n1)CCC2. The third-order valence-corrected chi connectivity index (χ3v) is 2.19. The second-order valence-corrected chi connectivity index (χ2v) is 3.01. The van der Waals surface area contributed by atoms with Gasteiger partial charge in [0.15, 0.2) is 0 Å². The van der Waals surface area contributed by atoms with Crippen molar-refractivity contribution in [2.75, 3.05) is 5.73 Å². The van der Waals surface area contributed by atoms with Gasteiger partial charge in [-0.15, -0.1) is 0 Å². The number of rotatable bonds is 1. The molecule has 64 valence electrons. The van der Waals surface area contributed by atoms with E-state index in [2.05, 4.69) is 9.97 Å². The van der Waals surface area contributed by atoms with Gasteiger partial charge in [0.25, 0.3) is 0 Å². The Hall–Kier alpha value is -1.16. The van der Waals surface area contributed by atoms with Crippen molar-refractivity contribution in [2.24, 2.45) is 5.73 Å². The van der Waals surface area contributed by atoms with Crippen molar-refractivity contribution in [3.05, 3.63) is 17.1 Å². The van der Waals surface area contributed by atoms with Gasteiger partial charge in [0.2, 0.25) is 0 Å². The summed E-state index contributed by atoms with van der Waals surface area (Å²) in [5.74, 6) is 1.28. The Kier molecular flexibility index (Phi) is 1.69. The molecule has 12 heavy (non-hydrogen) atoms. The van der Waals surface area contributed by atoms with E-state index in [0.29, 0.717) is 18.2 Å². The fourth-order valence-electron chi connectivity index (χ4n) is 1.61.